The molecule has 1 amide bonds. The fraction of sp³-hybridized carbons (Fsp3) is 0.312. The second-order valence-electron chi connectivity index (χ2n) is 10.4. The summed E-state index contributed by atoms with van der Waals surface area (Å²) in [4.78, 5) is 43.5. The van der Waals surface area contributed by atoms with Crippen molar-refractivity contribution in [2.75, 3.05) is 11.9 Å². The van der Waals surface area contributed by atoms with Gasteiger partial charge in [0.2, 0.25) is 0 Å². The first-order valence-corrected chi connectivity index (χ1v) is 16.4. The molecule has 1 fully saturated rings. The van der Waals surface area contributed by atoms with E-state index in [4.69, 9.17) is 27.9 Å². The summed E-state index contributed by atoms with van der Waals surface area (Å²) in [5.74, 6) is -0.578. The second-order valence-corrected chi connectivity index (χ2v) is 13.5. The topological polar surface area (TPSA) is 97.4 Å². The number of carbonyl (C=O) groups excluding carboxylic acids is 3. The molecule has 0 aliphatic heterocycles. The molecule has 42 heavy (non-hydrogen) atoms. The number of anilines is 1. The molecule has 2 aliphatic rings. The van der Waals surface area contributed by atoms with Crippen molar-refractivity contribution in [1.29, 1.82) is 0 Å². The third-order valence-corrected chi connectivity index (χ3v) is 10.5. The fourth-order valence-electron chi connectivity index (χ4n) is 5.53. The van der Waals surface area contributed by atoms with E-state index in [1.165, 1.54) is 12.4 Å². The van der Waals surface area contributed by atoms with Crippen LogP contribution in [0.1, 0.15) is 54.9 Å². The number of hydrogen-bond donors (Lipinski definition) is 2. The van der Waals surface area contributed by atoms with Gasteiger partial charge in [-0.1, -0.05) is 23.2 Å². The number of carbonyl (C=O) groups is 3. The first-order chi connectivity index (χ1) is 20.3. The number of nitrogens with one attached hydrogen (secondary N) is 2. The van der Waals surface area contributed by atoms with Gasteiger partial charge in [0, 0.05) is 12.4 Å². The Morgan fingerprint density at radius 3 is 2.31 bits per heavy atom. The molecule has 2 N–H and O–H groups in total. The number of rotatable bonds is 10. The van der Waals surface area contributed by atoms with Crippen LogP contribution in [0.2, 0.25) is 10.0 Å². The van der Waals surface area contributed by atoms with E-state index >= 15 is 0 Å². The van der Waals surface area contributed by atoms with E-state index in [0.29, 0.717) is 12.1 Å². The zero-order valence-corrected chi connectivity index (χ0v) is 26.3. The van der Waals surface area contributed by atoms with Gasteiger partial charge in [0.1, 0.15) is 0 Å². The van der Waals surface area contributed by atoms with E-state index in [-0.39, 0.29) is 48.9 Å². The number of benzene rings is 2. The molecule has 1 saturated carbocycles. The van der Waals surface area contributed by atoms with E-state index in [1.807, 2.05) is 42.5 Å². The van der Waals surface area contributed by atoms with E-state index in [2.05, 4.69) is 15.6 Å². The standard InChI is InChI=1S/C32H31Cl2N3O4Se/c1-2-41-31(40)25(17-20-11-13-21(14-12-20)36-30(39)26-23(33)18-35-19-24(26)34)37-28-27(42-22-9-5-3-6-10-22)29(38)32(28)15-7-4-8-16-32/h3,5-6,9-14,18-19,25,37H,2,4,7-8,15-17H2,1H3,(H,36,39)/t25-/m0/s1. The summed E-state index contributed by atoms with van der Waals surface area (Å²) < 4.78 is 7.40. The Bertz CT molecular complexity index is 1490. The Morgan fingerprint density at radius 1 is 1.00 bits per heavy atom. The number of halogens is 2. The molecule has 1 spiro atoms. The minimum atomic E-state index is -0.664. The number of ketones is 1. The van der Waals surface area contributed by atoms with Crippen LogP contribution in [0.25, 0.3) is 0 Å². The van der Waals surface area contributed by atoms with Gasteiger partial charge >= 0.3 is 212 Å². The number of amides is 1. The maximum atomic E-state index is 13.6. The third kappa shape index (κ3) is 6.42. The molecule has 2 aromatic carbocycles. The normalized spacial score (nSPS) is 16.5. The van der Waals surface area contributed by atoms with Crippen LogP contribution < -0.4 is 15.1 Å². The van der Waals surface area contributed by atoms with E-state index in [9.17, 15) is 14.4 Å². The van der Waals surface area contributed by atoms with Crippen LogP contribution in [0.5, 0.6) is 0 Å². The van der Waals surface area contributed by atoms with Crippen LogP contribution >= 0.6 is 23.2 Å². The van der Waals surface area contributed by atoms with Crippen LogP contribution in [0.4, 0.5) is 5.69 Å². The summed E-state index contributed by atoms with van der Waals surface area (Å²) in [5, 5.41) is 6.64. The molecule has 218 valence electrons. The number of aromatic nitrogens is 1. The minimum absolute atomic E-state index is 0.150. The Morgan fingerprint density at radius 2 is 1.67 bits per heavy atom. The molecule has 10 heteroatoms. The Labute approximate surface area is 261 Å². The maximum absolute atomic E-state index is 13.6. The van der Waals surface area contributed by atoms with E-state index in [1.54, 1.807) is 19.1 Å². The molecular formula is C32H31Cl2N3O4Se. The van der Waals surface area contributed by atoms with E-state index < -0.39 is 17.4 Å². The average molecular weight is 671 g/mol. The van der Waals surface area contributed by atoms with Crippen molar-refractivity contribution in [2.45, 2.75) is 51.5 Å². The van der Waals surface area contributed by atoms with Crippen molar-refractivity contribution in [3.8, 4) is 0 Å². The van der Waals surface area contributed by atoms with E-state index in [0.717, 1.165) is 52.3 Å². The number of allylic oxidation sites excluding steroid dienone is 2. The molecule has 5 rings (SSSR count). The third-order valence-electron chi connectivity index (χ3n) is 7.64. The molecule has 7 nitrogen and oxygen atoms in total. The summed E-state index contributed by atoms with van der Waals surface area (Å²) in [7, 11) is 0. The van der Waals surface area contributed by atoms with Crippen LogP contribution in [0, 0.1) is 5.41 Å². The van der Waals surface area contributed by atoms with Crippen molar-refractivity contribution in [1.82, 2.24) is 10.3 Å². The molecule has 0 radical (unpaired) electrons. The van der Waals surface area contributed by atoms with Gasteiger partial charge in [0.25, 0.3) is 0 Å². The molecule has 0 bridgehead atoms. The van der Waals surface area contributed by atoms with Crippen LogP contribution in [-0.2, 0) is 20.7 Å². The van der Waals surface area contributed by atoms with Crippen molar-refractivity contribution in [3.05, 3.63) is 98.3 Å². The molecule has 3 aromatic rings. The van der Waals surface area contributed by atoms with Crippen molar-refractivity contribution in [2.24, 2.45) is 5.41 Å². The predicted molar refractivity (Wildman–Crippen MR) is 165 cm³/mol. The molecule has 1 heterocycles. The molecule has 1 aromatic heterocycles. The summed E-state index contributed by atoms with van der Waals surface area (Å²) >= 11 is 12.1. The van der Waals surface area contributed by atoms with Gasteiger partial charge in [-0.15, -0.1) is 0 Å². The molecule has 0 saturated heterocycles. The van der Waals surface area contributed by atoms with Gasteiger partial charge in [0.05, 0.1) is 10.0 Å². The summed E-state index contributed by atoms with van der Waals surface area (Å²) in [6.45, 7) is 2.04. The number of hydrogen-bond acceptors (Lipinski definition) is 6. The number of Topliss-reactive ketones (excluding diaryl/α,β-unsaturated/α-hetero) is 1. The van der Waals surface area contributed by atoms with Gasteiger partial charge in [-0.2, -0.15) is 0 Å². The molecule has 0 unspecified atom stereocenters. The average Bonchev–Trinajstić information content (AvgIpc) is 3.00. The van der Waals surface area contributed by atoms with Crippen molar-refractivity contribution in [3.63, 3.8) is 0 Å². The second kappa shape index (κ2) is 13.4. The van der Waals surface area contributed by atoms with Crippen molar-refractivity contribution < 1.29 is 19.1 Å². The molecule has 1 atom stereocenters. The Hall–Kier alpha value is -3.16. The Balaban J connectivity index is 1.36. The summed E-state index contributed by atoms with van der Waals surface area (Å²) in [5.41, 5.74) is 1.96. The summed E-state index contributed by atoms with van der Waals surface area (Å²) in [6.07, 6.45) is 7.80. The fourth-order valence-corrected chi connectivity index (χ4v) is 8.53. The summed E-state index contributed by atoms with van der Waals surface area (Å²) in [6, 6.07) is 16.6. The van der Waals surface area contributed by atoms with Gasteiger partial charge in [-0.05, 0) is 0 Å². The number of ether oxygens (including phenoxy) is 1. The van der Waals surface area contributed by atoms with Crippen molar-refractivity contribution >= 4 is 66.0 Å². The van der Waals surface area contributed by atoms with Gasteiger partial charge < -0.3 is 0 Å². The molecular weight excluding hydrogens is 640 g/mol. The first-order valence-electron chi connectivity index (χ1n) is 14.0. The van der Waals surface area contributed by atoms with Gasteiger partial charge in [0.15, 0.2) is 0 Å². The Kier molecular flexibility index (Phi) is 9.69. The quantitative estimate of drug-likeness (QED) is 0.219. The number of esters is 1. The first kappa shape index (κ1) is 30.3. The monoisotopic (exact) mass is 671 g/mol. The number of pyridine rings is 1. The SMILES string of the molecule is CCOC(=O)[C@H](Cc1ccc(NC(=O)c2c(Cl)cncc2Cl)cc1)NC1=C([Se]c2ccccc2)C(=O)C12CCCCC2. The van der Waals surface area contributed by atoms with Crippen LogP contribution in [0.3, 0.4) is 0 Å². The van der Waals surface area contributed by atoms with Gasteiger partial charge in [-0.25, -0.2) is 0 Å². The van der Waals surface area contributed by atoms with Gasteiger partial charge in [-0.3, -0.25) is 4.98 Å². The molecule has 2 aliphatic carbocycles. The predicted octanol–water partition coefficient (Wildman–Crippen LogP) is 5.48. The van der Waals surface area contributed by atoms with Crippen LogP contribution in [0.15, 0.2) is 77.2 Å². The van der Waals surface area contributed by atoms with Crippen LogP contribution in [-0.4, -0.2) is 50.2 Å². The zero-order chi connectivity index (χ0) is 29.7. The zero-order valence-electron chi connectivity index (χ0n) is 23.1. The number of nitrogens with zero attached hydrogens (tertiary/aromatic N) is 1.